The molecule has 7 nitrogen and oxygen atoms in total. The summed E-state index contributed by atoms with van der Waals surface area (Å²) in [7, 11) is 1.34. The van der Waals surface area contributed by atoms with Gasteiger partial charge in [0.15, 0.2) is 5.82 Å². The topological polar surface area (TPSA) is 89.0 Å². The maximum atomic E-state index is 11.6. The van der Waals surface area contributed by atoms with E-state index >= 15 is 0 Å². The van der Waals surface area contributed by atoms with Gasteiger partial charge in [0.05, 0.1) is 18.9 Å². The first-order valence-electron chi connectivity index (χ1n) is 7.77. The van der Waals surface area contributed by atoms with Crippen molar-refractivity contribution in [2.24, 2.45) is 0 Å². The summed E-state index contributed by atoms with van der Waals surface area (Å²) < 4.78 is 4.71. The van der Waals surface area contributed by atoms with Crippen molar-refractivity contribution in [3.8, 4) is 0 Å². The molecule has 3 rings (SSSR count). The second-order valence-electron chi connectivity index (χ2n) is 5.34. The quantitative estimate of drug-likeness (QED) is 0.641. The van der Waals surface area contributed by atoms with Crippen LogP contribution in [0.25, 0.3) is 0 Å². The Kier molecular flexibility index (Phi) is 5.60. The number of nitrogens with one attached hydrogen (secondary N) is 2. The summed E-state index contributed by atoms with van der Waals surface area (Å²) in [6.45, 7) is 0.577. The Bertz CT molecular complexity index is 902. The zero-order valence-corrected chi connectivity index (χ0v) is 14.7. The SMILES string of the molecule is COC(=O)c1cccc(Nc2nncc(NCc3ccc(Cl)cc3)n2)c1. The van der Waals surface area contributed by atoms with Crippen LogP contribution in [0.5, 0.6) is 0 Å². The largest absolute Gasteiger partial charge is 0.465 e. The second-order valence-corrected chi connectivity index (χ2v) is 5.78. The summed E-state index contributed by atoms with van der Waals surface area (Å²) in [6, 6.07) is 14.4. The molecule has 26 heavy (non-hydrogen) atoms. The van der Waals surface area contributed by atoms with E-state index in [-0.39, 0.29) is 0 Å². The van der Waals surface area contributed by atoms with Gasteiger partial charge in [-0.15, -0.1) is 5.10 Å². The van der Waals surface area contributed by atoms with Crippen molar-refractivity contribution in [1.29, 1.82) is 0 Å². The molecule has 0 aliphatic carbocycles. The lowest BCUT2D eigenvalue weighted by molar-refractivity contribution is 0.0601. The van der Waals surface area contributed by atoms with Gasteiger partial charge < -0.3 is 15.4 Å². The van der Waals surface area contributed by atoms with Gasteiger partial charge in [0.25, 0.3) is 0 Å². The molecule has 0 fully saturated rings. The summed E-state index contributed by atoms with van der Waals surface area (Å²) >= 11 is 5.88. The number of rotatable bonds is 6. The second kappa shape index (κ2) is 8.26. The number of halogens is 1. The number of nitrogens with zero attached hydrogens (tertiary/aromatic N) is 3. The number of esters is 1. The third kappa shape index (κ3) is 4.67. The predicted octanol–water partition coefficient (Wildman–Crippen LogP) is 3.67. The van der Waals surface area contributed by atoms with Crippen molar-refractivity contribution < 1.29 is 9.53 Å². The Balaban J connectivity index is 1.67. The highest BCUT2D eigenvalue weighted by atomic mass is 35.5. The van der Waals surface area contributed by atoms with E-state index in [1.54, 1.807) is 24.3 Å². The minimum absolute atomic E-state index is 0.313. The van der Waals surface area contributed by atoms with E-state index in [0.717, 1.165) is 5.56 Å². The Labute approximate surface area is 155 Å². The highest BCUT2D eigenvalue weighted by Gasteiger charge is 2.07. The summed E-state index contributed by atoms with van der Waals surface area (Å²) in [4.78, 5) is 16.0. The number of carbonyl (C=O) groups excluding carboxylic acids is 1. The molecule has 0 atom stereocenters. The minimum Gasteiger partial charge on any atom is -0.465 e. The molecule has 0 unspecified atom stereocenters. The first-order chi connectivity index (χ1) is 12.6. The molecule has 0 saturated carbocycles. The van der Waals surface area contributed by atoms with Crippen LogP contribution < -0.4 is 10.6 Å². The van der Waals surface area contributed by atoms with Crippen molar-refractivity contribution in [1.82, 2.24) is 15.2 Å². The monoisotopic (exact) mass is 369 g/mol. The van der Waals surface area contributed by atoms with Gasteiger partial charge in [-0.2, -0.15) is 10.1 Å². The molecule has 132 valence electrons. The van der Waals surface area contributed by atoms with Crippen molar-refractivity contribution in [2.75, 3.05) is 17.7 Å². The van der Waals surface area contributed by atoms with E-state index in [1.807, 2.05) is 24.3 Å². The molecule has 0 saturated heterocycles. The number of aromatic nitrogens is 3. The standard InChI is InChI=1S/C18H16ClN5O2/c1-26-17(25)13-3-2-4-15(9-13)22-18-23-16(11-21-24-18)20-10-12-5-7-14(19)8-6-12/h2-9,11H,10H2,1H3,(H2,20,22,23,24). The van der Waals surface area contributed by atoms with Crippen molar-refractivity contribution >= 4 is 35.0 Å². The average molecular weight is 370 g/mol. The molecule has 1 aromatic heterocycles. The average Bonchev–Trinajstić information content (AvgIpc) is 2.67. The van der Waals surface area contributed by atoms with Crippen LogP contribution in [-0.4, -0.2) is 28.3 Å². The van der Waals surface area contributed by atoms with Gasteiger partial charge in [0, 0.05) is 17.3 Å². The van der Waals surface area contributed by atoms with Crippen LogP contribution in [-0.2, 0) is 11.3 Å². The minimum atomic E-state index is -0.411. The van der Waals surface area contributed by atoms with Crippen LogP contribution in [0.4, 0.5) is 17.5 Å². The Hall–Kier alpha value is -3.19. The van der Waals surface area contributed by atoms with Crippen molar-refractivity contribution in [2.45, 2.75) is 6.54 Å². The molecule has 0 amide bonds. The predicted molar refractivity (Wildman–Crippen MR) is 99.7 cm³/mol. The first-order valence-corrected chi connectivity index (χ1v) is 8.15. The van der Waals surface area contributed by atoms with E-state index in [4.69, 9.17) is 16.3 Å². The van der Waals surface area contributed by atoms with E-state index in [9.17, 15) is 4.79 Å². The van der Waals surface area contributed by atoms with Gasteiger partial charge in [0.1, 0.15) is 0 Å². The highest BCUT2D eigenvalue weighted by molar-refractivity contribution is 6.30. The number of hydrogen-bond donors (Lipinski definition) is 2. The summed E-state index contributed by atoms with van der Waals surface area (Å²) in [5.41, 5.74) is 2.15. The Morgan fingerprint density at radius 3 is 2.77 bits per heavy atom. The molecule has 0 spiro atoms. The molecular weight excluding hydrogens is 354 g/mol. The van der Waals surface area contributed by atoms with Crippen molar-refractivity contribution in [3.63, 3.8) is 0 Å². The van der Waals surface area contributed by atoms with Crippen LogP contribution in [0.2, 0.25) is 5.02 Å². The molecule has 8 heteroatoms. The third-order valence-electron chi connectivity index (χ3n) is 3.49. The molecule has 0 bridgehead atoms. The van der Waals surface area contributed by atoms with Gasteiger partial charge in [-0.05, 0) is 35.9 Å². The number of benzene rings is 2. The molecule has 1 heterocycles. The van der Waals surface area contributed by atoms with E-state index in [2.05, 4.69) is 25.8 Å². The fraction of sp³-hybridized carbons (Fsp3) is 0.111. The van der Waals surface area contributed by atoms with Gasteiger partial charge in [-0.3, -0.25) is 0 Å². The summed E-state index contributed by atoms with van der Waals surface area (Å²) in [5, 5.41) is 14.8. The maximum absolute atomic E-state index is 11.6. The van der Waals surface area contributed by atoms with Crippen LogP contribution in [0, 0.1) is 0 Å². The first kappa shape index (κ1) is 17.6. The molecule has 2 N–H and O–H groups in total. The molecule has 0 aliphatic rings. The van der Waals surface area contributed by atoms with Crippen molar-refractivity contribution in [3.05, 3.63) is 70.9 Å². The van der Waals surface area contributed by atoms with Gasteiger partial charge >= 0.3 is 5.97 Å². The lowest BCUT2D eigenvalue weighted by atomic mass is 10.2. The van der Waals surface area contributed by atoms with Gasteiger partial charge in [0.2, 0.25) is 5.95 Å². The van der Waals surface area contributed by atoms with Crippen LogP contribution in [0.15, 0.2) is 54.7 Å². The smallest absolute Gasteiger partial charge is 0.337 e. The fourth-order valence-electron chi connectivity index (χ4n) is 2.21. The molecular formula is C18H16ClN5O2. The van der Waals surface area contributed by atoms with E-state index < -0.39 is 5.97 Å². The fourth-order valence-corrected chi connectivity index (χ4v) is 2.33. The number of hydrogen-bond acceptors (Lipinski definition) is 7. The van der Waals surface area contributed by atoms with Crippen LogP contribution in [0.3, 0.4) is 0 Å². The normalized spacial score (nSPS) is 10.2. The zero-order valence-electron chi connectivity index (χ0n) is 13.9. The summed E-state index contributed by atoms with van der Waals surface area (Å²) in [5.74, 6) is 0.473. The van der Waals surface area contributed by atoms with Gasteiger partial charge in [-0.1, -0.05) is 29.8 Å². The van der Waals surface area contributed by atoms with Crippen LogP contribution in [0.1, 0.15) is 15.9 Å². The number of carbonyl (C=O) groups is 1. The lowest BCUT2D eigenvalue weighted by Gasteiger charge is -2.08. The van der Waals surface area contributed by atoms with E-state index in [0.29, 0.717) is 34.6 Å². The molecule has 2 aromatic carbocycles. The van der Waals surface area contributed by atoms with Crippen LogP contribution >= 0.6 is 11.6 Å². The van der Waals surface area contributed by atoms with E-state index in [1.165, 1.54) is 13.3 Å². The number of anilines is 3. The molecule has 0 aliphatic heterocycles. The highest BCUT2D eigenvalue weighted by Crippen LogP contribution is 2.16. The summed E-state index contributed by atoms with van der Waals surface area (Å²) in [6.07, 6.45) is 1.53. The number of ether oxygens (including phenoxy) is 1. The maximum Gasteiger partial charge on any atom is 0.337 e. The Morgan fingerprint density at radius 2 is 2.00 bits per heavy atom. The van der Waals surface area contributed by atoms with Gasteiger partial charge in [-0.25, -0.2) is 4.79 Å². The molecule has 0 radical (unpaired) electrons. The zero-order chi connectivity index (χ0) is 18.4. The third-order valence-corrected chi connectivity index (χ3v) is 3.74. The Morgan fingerprint density at radius 1 is 1.19 bits per heavy atom. The molecule has 3 aromatic rings. The lowest BCUT2D eigenvalue weighted by Crippen LogP contribution is -2.06. The number of methoxy groups -OCH3 is 1.